The van der Waals surface area contributed by atoms with E-state index in [4.69, 9.17) is 10.8 Å². The number of carboxylic acid groups (broad SMARTS) is 1. The molecule has 12 heavy (non-hydrogen) atoms. The third kappa shape index (κ3) is 1.62. The Hall–Kier alpha value is -1.79. The first-order valence-electron chi connectivity index (χ1n) is 3.09. The molecule has 7 nitrogen and oxygen atoms in total. The van der Waals surface area contributed by atoms with Gasteiger partial charge < -0.3 is 15.6 Å². The van der Waals surface area contributed by atoms with Gasteiger partial charge >= 0.3 is 12.0 Å². The van der Waals surface area contributed by atoms with Gasteiger partial charge in [-0.1, -0.05) is 0 Å². The summed E-state index contributed by atoms with van der Waals surface area (Å²) in [6.45, 7) is -0.317. The highest BCUT2D eigenvalue weighted by Crippen LogP contribution is 2.05. The number of ether oxygens (including phenoxy) is 1. The molecular weight excluding hydrogens is 164 g/mol. The van der Waals surface area contributed by atoms with E-state index in [0.29, 0.717) is 0 Å². The van der Waals surface area contributed by atoms with E-state index in [1.165, 1.54) is 7.11 Å². The number of nitrogens with zero attached hydrogens (tertiary/aromatic N) is 3. The molecule has 0 bridgehead atoms. The number of nitrogens with two attached hydrogens (primary N) is 1. The average molecular weight is 172 g/mol. The van der Waals surface area contributed by atoms with Crippen LogP contribution in [0.5, 0.6) is 6.01 Å². The van der Waals surface area contributed by atoms with E-state index < -0.39 is 5.97 Å². The highest BCUT2D eigenvalue weighted by atomic mass is 16.5. The van der Waals surface area contributed by atoms with Crippen LogP contribution in [0.15, 0.2) is 0 Å². The number of anilines is 1. The summed E-state index contributed by atoms with van der Waals surface area (Å²) < 4.78 is 5.68. The molecule has 0 aromatic carbocycles. The molecule has 1 rings (SSSR count). The summed E-state index contributed by atoms with van der Waals surface area (Å²) in [4.78, 5) is 13.9. The van der Waals surface area contributed by atoms with Gasteiger partial charge in [0.2, 0.25) is 5.95 Å². The van der Waals surface area contributed by atoms with Gasteiger partial charge in [-0.3, -0.25) is 4.79 Å². The number of aliphatic carboxylic acids is 1. The highest BCUT2D eigenvalue weighted by molar-refractivity contribution is 5.66. The van der Waals surface area contributed by atoms with Crippen molar-refractivity contribution in [2.24, 2.45) is 0 Å². The Morgan fingerprint density at radius 3 is 2.92 bits per heavy atom. The number of rotatable bonds is 3. The predicted molar refractivity (Wildman–Crippen MR) is 38.6 cm³/mol. The minimum Gasteiger partial charge on any atom is -0.480 e. The minimum absolute atomic E-state index is 0.0225. The van der Waals surface area contributed by atoms with Gasteiger partial charge in [-0.25, -0.2) is 4.68 Å². The average Bonchev–Trinajstić information content (AvgIpc) is 2.31. The van der Waals surface area contributed by atoms with Crippen molar-refractivity contribution in [3.8, 4) is 6.01 Å². The number of nitrogen functional groups attached to an aromatic ring is 1. The first-order chi connectivity index (χ1) is 5.63. The topological polar surface area (TPSA) is 103 Å². The summed E-state index contributed by atoms with van der Waals surface area (Å²) in [7, 11) is 1.37. The zero-order valence-corrected chi connectivity index (χ0v) is 6.39. The Bertz CT molecular complexity index is 295. The van der Waals surface area contributed by atoms with Gasteiger partial charge in [0.05, 0.1) is 7.11 Å². The molecule has 1 aromatic rings. The number of aromatic nitrogens is 3. The van der Waals surface area contributed by atoms with Crippen molar-refractivity contribution in [1.29, 1.82) is 0 Å². The lowest BCUT2D eigenvalue weighted by atomic mass is 10.7. The minimum atomic E-state index is -1.03. The van der Waals surface area contributed by atoms with E-state index in [-0.39, 0.29) is 18.5 Å². The molecule has 0 unspecified atom stereocenters. The second kappa shape index (κ2) is 3.07. The van der Waals surface area contributed by atoms with Crippen molar-refractivity contribution in [3.05, 3.63) is 0 Å². The SMILES string of the molecule is COc1nc(N)n(CC(=O)O)n1. The monoisotopic (exact) mass is 172 g/mol. The van der Waals surface area contributed by atoms with Crippen LogP contribution >= 0.6 is 0 Å². The predicted octanol–water partition coefficient (Wildman–Crippen LogP) is -1.05. The van der Waals surface area contributed by atoms with Gasteiger partial charge in [0, 0.05) is 0 Å². The van der Waals surface area contributed by atoms with Crippen LogP contribution in [0.2, 0.25) is 0 Å². The van der Waals surface area contributed by atoms with Gasteiger partial charge in [-0.05, 0) is 0 Å². The molecule has 0 aliphatic heterocycles. The molecule has 0 atom stereocenters. The Morgan fingerprint density at radius 1 is 1.83 bits per heavy atom. The summed E-state index contributed by atoms with van der Waals surface area (Å²) in [5, 5.41) is 12.0. The Kier molecular flexibility index (Phi) is 2.13. The van der Waals surface area contributed by atoms with E-state index in [1.54, 1.807) is 0 Å². The van der Waals surface area contributed by atoms with Gasteiger partial charge in [-0.2, -0.15) is 4.98 Å². The number of carboxylic acids is 1. The van der Waals surface area contributed by atoms with Crippen molar-refractivity contribution in [2.45, 2.75) is 6.54 Å². The molecule has 0 aliphatic carbocycles. The zero-order valence-electron chi connectivity index (χ0n) is 6.39. The van der Waals surface area contributed by atoms with Crippen LogP contribution in [0.3, 0.4) is 0 Å². The van der Waals surface area contributed by atoms with E-state index in [2.05, 4.69) is 14.8 Å². The van der Waals surface area contributed by atoms with Crippen molar-refractivity contribution >= 4 is 11.9 Å². The lowest BCUT2D eigenvalue weighted by molar-refractivity contribution is -0.137. The number of carbonyl (C=O) groups is 1. The molecule has 0 fully saturated rings. The zero-order chi connectivity index (χ0) is 9.14. The maximum atomic E-state index is 10.2. The first-order valence-corrected chi connectivity index (χ1v) is 3.09. The van der Waals surface area contributed by atoms with Gasteiger partial charge in [0.15, 0.2) is 0 Å². The smallest absolute Gasteiger partial charge is 0.337 e. The van der Waals surface area contributed by atoms with E-state index in [9.17, 15) is 4.79 Å². The molecule has 0 amide bonds. The van der Waals surface area contributed by atoms with Gasteiger partial charge in [0.1, 0.15) is 6.54 Å². The fourth-order valence-electron chi connectivity index (χ4n) is 0.664. The first kappa shape index (κ1) is 8.31. The lowest BCUT2D eigenvalue weighted by Crippen LogP contribution is -2.12. The number of methoxy groups -OCH3 is 1. The van der Waals surface area contributed by atoms with E-state index >= 15 is 0 Å². The molecule has 0 radical (unpaired) electrons. The molecule has 66 valence electrons. The quantitative estimate of drug-likeness (QED) is 0.603. The van der Waals surface area contributed by atoms with Crippen molar-refractivity contribution in [1.82, 2.24) is 14.8 Å². The molecule has 0 saturated heterocycles. The third-order valence-electron chi connectivity index (χ3n) is 1.15. The summed E-state index contributed by atoms with van der Waals surface area (Å²) >= 11 is 0. The molecule has 1 heterocycles. The fourth-order valence-corrected chi connectivity index (χ4v) is 0.664. The van der Waals surface area contributed by atoms with E-state index in [0.717, 1.165) is 4.68 Å². The van der Waals surface area contributed by atoms with Crippen LogP contribution in [0.25, 0.3) is 0 Å². The Morgan fingerprint density at radius 2 is 2.50 bits per heavy atom. The highest BCUT2D eigenvalue weighted by Gasteiger charge is 2.08. The molecule has 7 heteroatoms. The lowest BCUT2D eigenvalue weighted by Gasteiger charge is -1.94. The fraction of sp³-hybridized carbons (Fsp3) is 0.400. The maximum Gasteiger partial charge on any atom is 0.337 e. The second-order valence-corrected chi connectivity index (χ2v) is 2.01. The normalized spacial score (nSPS) is 9.75. The number of hydrogen-bond donors (Lipinski definition) is 2. The van der Waals surface area contributed by atoms with Crippen LogP contribution in [-0.2, 0) is 11.3 Å². The Labute approximate surface area is 67.8 Å². The van der Waals surface area contributed by atoms with Crippen LogP contribution in [0.4, 0.5) is 5.95 Å². The Balaban J connectivity index is 2.84. The largest absolute Gasteiger partial charge is 0.480 e. The number of hydrogen-bond acceptors (Lipinski definition) is 5. The molecule has 3 N–H and O–H groups in total. The van der Waals surface area contributed by atoms with Crippen molar-refractivity contribution < 1.29 is 14.6 Å². The summed E-state index contributed by atoms with van der Waals surface area (Å²) in [6, 6.07) is 0.0637. The summed E-state index contributed by atoms with van der Waals surface area (Å²) in [6.07, 6.45) is 0. The maximum absolute atomic E-state index is 10.2. The van der Waals surface area contributed by atoms with Crippen LogP contribution in [0, 0.1) is 0 Å². The van der Waals surface area contributed by atoms with Gasteiger partial charge in [-0.15, -0.1) is 5.10 Å². The third-order valence-corrected chi connectivity index (χ3v) is 1.15. The molecule has 0 spiro atoms. The van der Waals surface area contributed by atoms with Gasteiger partial charge in [0.25, 0.3) is 0 Å². The summed E-state index contributed by atoms with van der Waals surface area (Å²) in [5.41, 5.74) is 5.31. The van der Waals surface area contributed by atoms with Crippen LogP contribution < -0.4 is 10.5 Å². The van der Waals surface area contributed by atoms with Crippen LogP contribution in [0.1, 0.15) is 0 Å². The molecule has 0 saturated carbocycles. The molecule has 1 aromatic heterocycles. The van der Waals surface area contributed by atoms with E-state index in [1.807, 2.05) is 0 Å². The summed E-state index contributed by atoms with van der Waals surface area (Å²) in [5.74, 6) is -1.01. The standard InChI is InChI=1S/C5H8N4O3/c1-12-5-7-4(6)9(8-5)2-3(10)11/h2H2,1H3,(H,10,11)(H2,6,7,8). The molecular formula is C5H8N4O3. The molecule has 0 aliphatic rings. The van der Waals surface area contributed by atoms with Crippen molar-refractivity contribution in [3.63, 3.8) is 0 Å². The van der Waals surface area contributed by atoms with Crippen LogP contribution in [-0.4, -0.2) is 33.0 Å². The second-order valence-electron chi connectivity index (χ2n) is 2.01. The van der Waals surface area contributed by atoms with Crippen molar-refractivity contribution in [2.75, 3.05) is 12.8 Å².